The molecule has 0 unspecified atom stereocenters. The highest BCUT2D eigenvalue weighted by Crippen LogP contribution is 2.24. The maximum atomic E-state index is 12.7. The van der Waals surface area contributed by atoms with E-state index in [1.807, 2.05) is 18.2 Å². The monoisotopic (exact) mass is 392 g/mol. The van der Waals surface area contributed by atoms with E-state index in [4.69, 9.17) is 0 Å². The van der Waals surface area contributed by atoms with Crippen LogP contribution in [0.2, 0.25) is 0 Å². The van der Waals surface area contributed by atoms with Crippen LogP contribution >= 0.6 is 0 Å². The third-order valence-corrected chi connectivity index (χ3v) is 4.96. The van der Waals surface area contributed by atoms with E-state index in [-0.39, 0.29) is 28.9 Å². The molecule has 1 saturated heterocycles. The fourth-order valence-corrected chi connectivity index (χ4v) is 3.54. The fourth-order valence-electron chi connectivity index (χ4n) is 3.54. The molecule has 1 amide bonds. The van der Waals surface area contributed by atoms with Crippen LogP contribution in [0.4, 0.5) is 5.69 Å². The van der Waals surface area contributed by atoms with Gasteiger partial charge in [0.25, 0.3) is 11.6 Å². The van der Waals surface area contributed by atoms with Crippen molar-refractivity contribution in [1.29, 1.82) is 0 Å². The number of nitrogens with zero attached hydrogens (tertiary/aromatic N) is 5. The van der Waals surface area contributed by atoms with Gasteiger partial charge in [-0.25, -0.2) is 9.67 Å². The van der Waals surface area contributed by atoms with Gasteiger partial charge in [0.15, 0.2) is 0 Å². The quantitative estimate of drug-likeness (QED) is 0.509. The Morgan fingerprint density at radius 3 is 2.79 bits per heavy atom. The zero-order chi connectivity index (χ0) is 20.2. The topological polar surface area (TPSA) is 106 Å². The van der Waals surface area contributed by atoms with Crippen molar-refractivity contribution in [2.24, 2.45) is 0 Å². The largest absolute Gasteiger partial charge is 0.348 e. The second-order valence-electron chi connectivity index (χ2n) is 6.98. The Kier molecular flexibility index (Phi) is 5.30. The van der Waals surface area contributed by atoms with Gasteiger partial charge in [0, 0.05) is 37.3 Å². The number of nitro groups is 1. The van der Waals surface area contributed by atoms with Crippen molar-refractivity contribution in [3.63, 3.8) is 0 Å². The van der Waals surface area contributed by atoms with E-state index in [1.54, 1.807) is 6.07 Å². The molecule has 0 radical (unpaired) electrons. The SMILES string of the molecule is O=C(N[C@H]1CCN(Cc2ccccc2)C1)c1ccc(-n2cncn2)c([N+](=O)[O-])c1. The van der Waals surface area contributed by atoms with Gasteiger partial charge in [-0.2, -0.15) is 5.10 Å². The normalized spacial score (nSPS) is 16.6. The number of rotatable bonds is 6. The van der Waals surface area contributed by atoms with Crippen molar-refractivity contribution in [1.82, 2.24) is 25.0 Å². The average molecular weight is 392 g/mol. The smallest absolute Gasteiger partial charge is 0.295 e. The summed E-state index contributed by atoms with van der Waals surface area (Å²) in [5.41, 5.74) is 1.56. The first kappa shape index (κ1) is 18.8. The van der Waals surface area contributed by atoms with Gasteiger partial charge >= 0.3 is 0 Å². The lowest BCUT2D eigenvalue weighted by molar-refractivity contribution is -0.384. The Labute approximate surface area is 167 Å². The number of aromatic nitrogens is 3. The molecule has 2 heterocycles. The second-order valence-corrected chi connectivity index (χ2v) is 6.98. The summed E-state index contributed by atoms with van der Waals surface area (Å²) in [6.45, 7) is 2.48. The number of carbonyl (C=O) groups is 1. The summed E-state index contributed by atoms with van der Waals surface area (Å²) >= 11 is 0. The maximum absolute atomic E-state index is 12.7. The summed E-state index contributed by atoms with van der Waals surface area (Å²) in [4.78, 5) is 29.7. The summed E-state index contributed by atoms with van der Waals surface area (Å²) < 4.78 is 1.30. The molecule has 9 nitrogen and oxygen atoms in total. The molecule has 1 aromatic heterocycles. The predicted molar refractivity (Wildman–Crippen MR) is 106 cm³/mol. The van der Waals surface area contributed by atoms with Gasteiger partial charge in [0.1, 0.15) is 18.3 Å². The van der Waals surface area contributed by atoms with Crippen molar-refractivity contribution in [3.8, 4) is 5.69 Å². The standard InChI is InChI=1S/C20H20N6O3/c27-20(23-17-8-9-24(12-17)11-15-4-2-1-3-5-15)16-6-7-18(19(10-16)26(28)29)25-14-21-13-22-25/h1-7,10,13-14,17H,8-9,11-12H2,(H,23,27)/t17-/m0/s1. The van der Waals surface area contributed by atoms with Crippen LogP contribution in [0.15, 0.2) is 61.2 Å². The van der Waals surface area contributed by atoms with Crippen molar-refractivity contribution in [2.45, 2.75) is 19.0 Å². The maximum Gasteiger partial charge on any atom is 0.295 e. The lowest BCUT2D eigenvalue weighted by Crippen LogP contribution is -2.37. The van der Waals surface area contributed by atoms with Crippen molar-refractivity contribution < 1.29 is 9.72 Å². The van der Waals surface area contributed by atoms with E-state index in [2.05, 4.69) is 32.4 Å². The van der Waals surface area contributed by atoms with Crippen LogP contribution in [-0.2, 0) is 6.54 Å². The Hall–Kier alpha value is -3.59. The molecule has 4 rings (SSSR count). The van der Waals surface area contributed by atoms with Crippen LogP contribution in [0.3, 0.4) is 0 Å². The van der Waals surface area contributed by atoms with Crippen LogP contribution in [0, 0.1) is 10.1 Å². The minimum atomic E-state index is -0.523. The minimum Gasteiger partial charge on any atom is -0.348 e. The fraction of sp³-hybridized carbons (Fsp3) is 0.250. The Bertz CT molecular complexity index is 1010. The number of nitro benzene ring substituents is 1. The molecule has 0 spiro atoms. The number of hydrogen-bond donors (Lipinski definition) is 1. The van der Waals surface area contributed by atoms with Gasteiger partial charge < -0.3 is 5.32 Å². The van der Waals surface area contributed by atoms with E-state index in [0.29, 0.717) is 0 Å². The van der Waals surface area contributed by atoms with E-state index >= 15 is 0 Å². The lowest BCUT2D eigenvalue weighted by atomic mass is 10.1. The summed E-state index contributed by atoms with van der Waals surface area (Å²) in [5, 5.41) is 18.4. The number of amides is 1. The molecular formula is C20H20N6O3. The first-order valence-electron chi connectivity index (χ1n) is 9.31. The van der Waals surface area contributed by atoms with E-state index in [9.17, 15) is 14.9 Å². The molecule has 3 aromatic rings. The molecule has 148 valence electrons. The predicted octanol–water partition coefficient (Wildman–Crippen LogP) is 2.18. The summed E-state index contributed by atoms with van der Waals surface area (Å²) in [7, 11) is 0. The molecule has 2 aromatic carbocycles. The Morgan fingerprint density at radius 1 is 1.24 bits per heavy atom. The number of benzene rings is 2. The number of hydrogen-bond acceptors (Lipinski definition) is 6. The summed E-state index contributed by atoms with van der Waals surface area (Å²) in [6, 6.07) is 14.6. The van der Waals surface area contributed by atoms with Crippen LogP contribution in [0.25, 0.3) is 5.69 Å². The lowest BCUT2D eigenvalue weighted by Gasteiger charge is -2.17. The van der Waals surface area contributed by atoms with Crippen LogP contribution in [-0.4, -0.2) is 49.6 Å². The van der Waals surface area contributed by atoms with E-state index in [0.717, 1.165) is 26.1 Å². The molecule has 0 saturated carbocycles. The van der Waals surface area contributed by atoms with Crippen molar-refractivity contribution in [2.75, 3.05) is 13.1 Å². The van der Waals surface area contributed by atoms with Gasteiger partial charge in [0.05, 0.1) is 4.92 Å². The highest BCUT2D eigenvalue weighted by molar-refractivity contribution is 5.95. The molecule has 0 bridgehead atoms. The molecule has 1 atom stereocenters. The van der Waals surface area contributed by atoms with Gasteiger partial charge in [0.2, 0.25) is 0 Å². The minimum absolute atomic E-state index is 0.0141. The second kappa shape index (κ2) is 8.19. The van der Waals surface area contributed by atoms with Crippen LogP contribution in [0.5, 0.6) is 0 Å². The number of nitrogens with one attached hydrogen (secondary N) is 1. The molecule has 1 N–H and O–H groups in total. The molecule has 1 fully saturated rings. The molecule has 0 aliphatic carbocycles. The Balaban J connectivity index is 1.42. The molecule has 9 heteroatoms. The third kappa shape index (κ3) is 4.30. The first-order chi connectivity index (χ1) is 14.1. The highest BCUT2D eigenvalue weighted by Gasteiger charge is 2.25. The third-order valence-electron chi connectivity index (χ3n) is 4.96. The summed E-state index contributed by atoms with van der Waals surface area (Å²) in [6.07, 6.45) is 3.52. The number of likely N-dealkylation sites (tertiary alicyclic amines) is 1. The van der Waals surface area contributed by atoms with Gasteiger partial charge in [-0.1, -0.05) is 30.3 Å². The van der Waals surface area contributed by atoms with Gasteiger partial charge in [-0.3, -0.25) is 19.8 Å². The Morgan fingerprint density at radius 2 is 2.07 bits per heavy atom. The number of carbonyl (C=O) groups excluding carboxylic acids is 1. The highest BCUT2D eigenvalue weighted by atomic mass is 16.6. The van der Waals surface area contributed by atoms with E-state index in [1.165, 1.54) is 35.0 Å². The molecular weight excluding hydrogens is 372 g/mol. The molecule has 1 aliphatic heterocycles. The molecule has 1 aliphatic rings. The van der Waals surface area contributed by atoms with Crippen LogP contribution in [0.1, 0.15) is 22.3 Å². The van der Waals surface area contributed by atoms with Crippen molar-refractivity contribution >= 4 is 11.6 Å². The average Bonchev–Trinajstić information content (AvgIpc) is 3.40. The van der Waals surface area contributed by atoms with E-state index < -0.39 is 4.92 Å². The van der Waals surface area contributed by atoms with Crippen molar-refractivity contribution in [3.05, 3.63) is 82.4 Å². The zero-order valence-corrected chi connectivity index (χ0v) is 15.6. The first-order valence-corrected chi connectivity index (χ1v) is 9.31. The van der Waals surface area contributed by atoms with Crippen LogP contribution < -0.4 is 5.32 Å². The van der Waals surface area contributed by atoms with Gasteiger partial charge in [-0.05, 0) is 24.1 Å². The molecule has 29 heavy (non-hydrogen) atoms. The zero-order valence-electron chi connectivity index (χ0n) is 15.6. The summed E-state index contributed by atoms with van der Waals surface area (Å²) in [5.74, 6) is -0.315. The van der Waals surface area contributed by atoms with Gasteiger partial charge in [-0.15, -0.1) is 0 Å².